The maximum absolute atomic E-state index is 11.1. The Morgan fingerprint density at radius 2 is 2.16 bits per heavy atom. The SMILES string of the molecule is CCc1cc(Oc2cc(Cl)ccc2C(=O)O)ncn1. The minimum absolute atomic E-state index is 0.0288. The van der Waals surface area contributed by atoms with Crippen LogP contribution in [0.1, 0.15) is 23.0 Å². The third kappa shape index (κ3) is 3.20. The van der Waals surface area contributed by atoms with E-state index in [-0.39, 0.29) is 17.2 Å². The number of aromatic nitrogens is 2. The molecule has 0 aliphatic rings. The van der Waals surface area contributed by atoms with Crippen LogP contribution in [-0.4, -0.2) is 21.0 Å². The van der Waals surface area contributed by atoms with Crippen LogP contribution in [0.4, 0.5) is 0 Å². The average molecular weight is 279 g/mol. The second kappa shape index (κ2) is 5.67. The van der Waals surface area contributed by atoms with Gasteiger partial charge in [-0.25, -0.2) is 14.8 Å². The largest absolute Gasteiger partial charge is 0.478 e. The number of benzene rings is 1. The van der Waals surface area contributed by atoms with E-state index in [1.807, 2.05) is 6.92 Å². The maximum Gasteiger partial charge on any atom is 0.339 e. The number of ether oxygens (including phenoxy) is 1. The molecule has 0 radical (unpaired) electrons. The lowest BCUT2D eigenvalue weighted by atomic mass is 10.2. The smallest absolute Gasteiger partial charge is 0.339 e. The predicted molar refractivity (Wildman–Crippen MR) is 69.9 cm³/mol. The third-order valence-corrected chi connectivity index (χ3v) is 2.68. The summed E-state index contributed by atoms with van der Waals surface area (Å²) in [6.45, 7) is 1.95. The van der Waals surface area contributed by atoms with Crippen molar-refractivity contribution in [2.45, 2.75) is 13.3 Å². The van der Waals surface area contributed by atoms with Crippen LogP contribution in [0.2, 0.25) is 5.02 Å². The van der Waals surface area contributed by atoms with Crippen molar-refractivity contribution in [2.24, 2.45) is 0 Å². The molecule has 5 nitrogen and oxygen atoms in total. The molecule has 0 fully saturated rings. The number of halogens is 1. The Morgan fingerprint density at radius 3 is 2.84 bits per heavy atom. The fraction of sp³-hybridized carbons (Fsp3) is 0.154. The molecular weight excluding hydrogens is 268 g/mol. The number of rotatable bonds is 4. The molecule has 1 aromatic heterocycles. The van der Waals surface area contributed by atoms with Gasteiger partial charge in [0, 0.05) is 22.8 Å². The highest BCUT2D eigenvalue weighted by atomic mass is 35.5. The molecule has 0 saturated carbocycles. The van der Waals surface area contributed by atoms with Gasteiger partial charge >= 0.3 is 5.97 Å². The topological polar surface area (TPSA) is 72.3 Å². The van der Waals surface area contributed by atoms with E-state index < -0.39 is 5.97 Å². The van der Waals surface area contributed by atoms with E-state index in [2.05, 4.69) is 9.97 Å². The molecule has 0 aliphatic carbocycles. The summed E-state index contributed by atoms with van der Waals surface area (Å²) < 4.78 is 5.48. The van der Waals surface area contributed by atoms with Crippen LogP contribution in [0.5, 0.6) is 11.6 Å². The molecule has 19 heavy (non-hydrogen) atoms. The minimum Gasteiger partial charge on any atom is -0.478 e. The summed E-state index contributed by atoms with van der Waals surface area (Å²) in [5.74, 6) is -0.645. The summed E-state index contributed by atoms with van der Waals surface area (Å²) in [5, 5.41) is 9.47. The summed E-state index contributed by atoms with van der Waals surface area (Å²) >= 11 is 5.84. The van der Waals surface area contributed by atoms with Gasteiger partial charge in [0.05, 0.1) is 0 Å². The lowest BCUT2D eigenvalue weighted by Crippen LogP contribution is -2.01. The number of hydrogen-bond donors (Lipinski definition) is 1. The molecule has 0 bridgehead atoms. The molecule has 2 rings (SSSR count). The first kappa shape index (κ1) is 13.3. The molecule has 98 valence electrons. The van der Waals surface area contributed by atoms with E-state index in [0.717, 1.165) is 12.1 Å². The van der Waals surface area contributed by atoms with E-state index in [0.29, 0.717) is 5.02 Å². The van der Waals surface area contributed by atoms with E-state index in [9.17, 15) is 4.79 Å². The van der Waals surface area contributed by atoms with Crippen LogP contribution >= 0.6 is 11.6 Å². The van der Waals surface area contributed by atoms with Gasteiger partial charge in [-0.2, -0.15) is 0 Å². The number of carboxylic acids is 1. The van der Waals surface area contributed by atoms with Crippen molar-refractivity contribution >= 4 is 17.6 Å². The maximum atomic E-state index is 11.1. The first-order valence-electron chi connectivity index (χ1n) is 5.61. The number of nitrogens with zero attached hydrogens (tertiary/aromatic N) is 2. The highest BCUT2D eigenvalue weighted by Gasteiger charge is 2.13. The van der Waals surface area contributed by atoms with Crippen LogP contribution < -0.4 is 4.74 Å². The molecule has 0 amide bonds. The van der Waals surface area contributed by atoms with Crippen molar-refractivity contribution in [2.75, 3.05) is 0 Å². The molecule has 6 heteroatoms. The third-order valence-electron chi connectivity index (χ3n) is 2.45. The van der Waals surface area contributed by atoms with E-state index >= 15 is 0 Å². The minimum atomic E-state index is -1.09. The second-order valence-electron chi connectivity index (χ2n) is 3.75. The zero-order valence-corrected chi connectivity index (χ0v) is 10.9. The molecule has 1 aromatic carbocycles. The van der Waals surface area contributed by atoms with Crippen LogP contribution in [0.25, 0.3) is 0 Å². The molecule has 0 aliphatic heterocycles. The van der Waals surface area contributed by atoms with Gasteiger partial charge < -0.3 is 9.84 Å². The first-order valence-corrected chi connectivity index (χ1v) is 5.99. The quantitative estimate of drug-likeness (QED) is 0.930. The fourth-order valence-corrected chi connectivity index (χ4v) is 1.66. The van der Waals surface area contributed by atoms with Crippen molar-refractivity contribution in [1.82, 2.24) is 9.97 Å². The molecule has 0 unspecified atom stereocenters. The Kier molecular flexibility index (Phi) is 3.97. The standard InChI is InChI=1S/C13H11ClN2O3/c1-2-9-6-12(16-7-15-9)19-11-5-8(14)3-4-10(11)13(17)18/h3-7H,2H2,1H3,(H,17,18). The van der Waals surface area contributed by atoms with E-state index in [1.165, 1.54) is 24.5 Å². The van der Waals surface area contributed by atoms with Crippen molar-refractivity contribution < 1.29 is 14.6 Å². The fourth-order valence-electron chi connectivity index (χ4n) is 1.50. The Hall–Kier alpha value is -2.14. The lowest BCUT2D eigenvalue weighted by Gasteiger charge is -2.08. The average Bonchev–Trinajstić information content (AvgIpc) is 2.38. The van der Waals surface area contributed by atoms with Crippen molar-refractivity contribution in [3.8, 4) is 11.6 Å². The summed E-state index contributed by atoms with van der Waals surface area (Å²) in [6.07, 6.45) is 2.11. The Labute approximate surface area is 114 Å². The summed E-state index contributed by atoms with van der Waals surface area (Å²) in [5.41, 5.74) is 0.838. The number of aromatic carboxylic acids is 1. The normalized spacial score (nSPS) is 10.2. The number of carboxylic acid groups (broad SMARTS) is 1. The molecule has 0 saturated heterocycles. The molecular formula is C13H11ClN2O3. The van der Waals surface area contributed by atoms with Crippen LogP contribution in [-0.2, 0) is 6.42 Å². The lowest BCUT2D eigenvalue weighted by molar-refractivity contribution is 0.0694. The Balaban J connectivity index is 2.36. The predicted octanol–water partition coefficient (Wildman–Crippen LogP) is 3.18. The van der Waals surface area contributed by atoms with Gasteiger partial charge in [-0.15, -0.1) is 0 Å². The molecule has 0 spiro atoms. The zero-order valence-electron chi connectivity index (χ0n) is 10.1. The molecule has 1 N–H and O–H groups in total. The second-order valence-corrected chi connectivity index (χ2v) is 4.19. The summed E-state index contributed by atoms with van der Waals surface area (Å²) in [7, 11) is 0. The highest BCUT2D eigenvalue weighted by molar-refractivity contribution is 6.30. The summed E-state index contributed by atoms with van der Waals surface area (Å²) in [4.78, 5) is 19.1. The van der Waals surface area contributed by atoms with Crippen molar-refractivity contribution in [3.05, 3.63) is 46.9 Å². The van der Waals surface area contributed by atoms with Gasteiger partial charge in [-0.05, 0) is 18.6 Å². The van der Waals surface area contributed by atoms with Crippen molar-refractivity contribution in [3.63, 3.8) is 0 Å². The molecule has 0 atom stereocenters. The van der Waals surface area contributed by atoms with E-state index in [1.54, 1.807) is 6.07 Å². The Bertz CT molecular complexity index is 617. The van der Waals surface area contributed by atoms with Gasteiger partial charge in [0.2, 0.25) is 5.88 Å². The highest BCUT2D eigenvalue weighted by Crippen LogP contribution is 2.27. The van der Waals surface area contributed by atoms with Gasteiger partial charge in [-0.3, -0.25) is 0 Å². The Morgan fingerprint density at radius 1 is 1.37 bits per heavy atom. The molecule has 1 heterocycles. The van der Waals surface area contributed by atoms with Gasteiger partial charge in [0.25, 0.3) is 0 Å². The van der Waals surface area contributed by atoms with Gasteiger partial charge in [-0.1, -0.05) is 18.5 Å². The number of carbonyl (C=O) groups is 1. The number of hydrogen-bond acceptors (Lipinski definition) is 4. The zero-order chi connectivity index (χ0) is 13.8. The van der Waals surface area contributed by atoms with Gasteiger partial charge in [0.1, 0.15) is 17.6 Å². The van der Waals surface area contributed by atoms with Crippen LogP contribution in [0.15, 0.2) is 30.6 Å². The van der Waals surface area contributed by atoms with Crippen molar-refractivity contribution in [1.29, 1.82) is 0 Å². The van der Waals surface area contributed by atoms with E-state index in [4.69, 9.17) is 21.4 Å². The van der Waals surface area contributed by atoms with Crippen LogP contribution in [0.3, 0.4) is 0 Å². The monoisotopic (exact) mass is 278 g/mol. The van der Waals surface area contributed by atoms with Gasteiger partial charge in [0.15, 0.2) is 0 Å². The number of aryl methyl sites for hydroxylation is 1. The first-order chi connectivity index (χ1) is 9.10. The van der Waals surface area contributed by atoms with Crippen LogP contribution in [0, 0.1) is 0 Å². The molecule has 2 aromatic rings. The summed E-state index contributed by atoms with van der Waals surface area (Å²) in [6, 6.07) is 5.99.